The van der Waals surface area contributed by atoms with Gasteiger partial charge in [-0.2, -0.15) is 13.2 Å². The number of sulfonamides is 2. The summed E-state index contributed by atoms with van der Waals surface area (Å²) in [6.07, 6.45) is -4.18. The van der Waals surface area contributed by atoms with Crippen molar-refractivity contribution in [1.29, 1.82) is 0 Å². The van der Waals surface area contributed by atoms with Gasteiger partial charge in [-0.25, -0.2) is 22.0 Å². The lowest BCUT2D eigenvalue weighted by Gasteiger charge is -2.16. The number of benzene rings is 2. The second-order valence-electron chi connectivity index (χ2n) is 5.92. The van der Waals surface area contributed by atoms with Crippen molar-refractivity contribution in [1.82, 2.24) is 0 Å². The first kappa shape index (κ1) is 23.3. The second-order valence-corrected chi connectivity index (χ2v) is 9.58. The first-order valence-electron chi connectivity index (χ1n) is 8.06. The van der Waals surface area contributed by atoms with E-state index in [1.54, 1.807) is 0 Å². The van der Waals surface area contributed by atoms with E-state index in [-0.39, 0.29) is 16.3 Å². The van der Waals surface area contributed by atoms with Crippen LogP contribution >= 0.6 is 11.6 Å². The van der Waals surface area contributed by atoms with Gasteiger partial charge in [0.2, 0.25) is 10.0 Å². The molecular weight excluding hydrogens is 455 g/mol. The van der Waals surface area contributed by atoms with Gasteiger partial charge in [0.05, 0.1) is 31.8 Å². The van der Waals surface area contributed by atoms with Gasteiger partial charge in [0.1, 0.15) is 0 Å². The van der Waals surface area contributed by atoms with Crippen molar-refractivity contribution in [2.75, 3.05) is 16.6 Å². The number of hydrogen-bond acceptors (Lipinski definition) is 5. The molecule has 0 fully saturated rings. The highest BCUT2D eigenvalue weighted by molar-refractivity contribution is 7.92. The van der Waals surface area contributed by atoms with Crippen molar-refractivity contribution in [3.63, 3.8) is 0 Å². The van der Waals surface area contributed by atoms with Crippen LogP contribution in [0.2, 0.25) is 5.02 Å². The van der Waals surface area contributed by atoms with E-state index in [4.69, 9.17) is 16.7 Å². The standard InChI is InChI=1S/C16H17ClF3N3O4S2/c1-2-7-22-14-6-4-10(28(21,24)25)9-15(14)23-29(26,27)11-3-5-13(17)12(8-11)16(18,19)20/h3-6,8-9,22-23H,2,7H2,1H3,(H2,21,24,25). The molecule has 2 aromatic rings. The van der Waals surface area contributed by atoms with Crippen molar-refractivity contribution in [2.24, 2.45) is 5.14 Å². The fourth-order valence-electron chi connectivity index (χ4n) is 2.29. The summed E-state index contributed by atoms with van der Waals surface area (Å²) >= 11 is 5.52. The van der Waals surface area contributed by atoms with Crippen molar-refractivity contribution >= 4 is 43.0 Å². The van der Waals surface area contributed by atoms with Gasteiger partial charge in [0, 0.05) is 6.54 Å². The highest BCUT2D eigenvalue weighted by Gasteiger charge is 2.34. The molecular formula is C16H17ClF3N3O4S2. The van der Waals surface area contributed by atoms with Crippen LogP contribution in [0, 0.1) is 0 Å². The molecule has 0 unspecified atom stereocenters. The predicted octanol–water partition coefficient (Wildman–Crippen LogP) is 3.63. The van der Waals surface area contributed by atoms with E-state index in [2.05, 4.69) is 10.0 Å². The number of primary sulfonamides is 1. The fourth-order valence-corrected chi connectivity index (χ4v) is 4.15. The zero-order chi connectivity index (χ0) is 22.0. The molecule has 4 N–H and O–H groups in total. The normalized spacial score (nSPS) is 12.6. The number of nitrogens with two attached hydrogens (primary N) is 1. The maximum atomic E-state index is 13.0. The Labute approximate surface area is 171 Å². The Hall–Kier alpha value is -2.02. The molecule has 0 heterocycles. The van der Waals surface area contributed by atoms with E-state index in [0.717, 1.165) is 18.2 Å². The molecule has 0 amide bonds. The number of anilines is 2. The van der Waals surface area contributed by atoms with Gasteiger partial charge >= 0.3 is 6.18 Å². The van der Waals surface area contributed by atoms with Crippen molar-refractivity contribution in [2.45, 2.75) is 29.3 Å². The Morgan fingerprint density at radius 3 is 2.17 bits per heavy atom. The average molecular weight is 472 g/mol. The summed E-state index contributed by atoms with van der Waals surface area (Å²) in [5.41, 5.74) is -1.27. The van der Waals surface area contributed by atoms with Gasteiger partial charge in [-0.15, -0.1) is 0 Å². The monoisotopic (exact) mass is 471 g/mol. The molecule has 0 atom stereocenters. The van der Waals surface area contributed by atoms with E-state index in [1.165, 1.54) is 12.1 Å². The number of rotatable bonds is 7. The Kier molecular flexibility index (Phi) is 6.72. The topological polar surface area (TPSA) is 118 Å². The van der Waals surface area contributed by atoms with E-state index in [1.807, 2.05) is 6.92 Å². The summed E-state index contributed by atoms with van der Waals surface area (Å²) in [6.45, 7) is 2.28. The van der Waals surface area contributed by atoms with Gasteiger partial charge in [0.15, 0.2) is 0 Å². The first-order chi connectivity index (χ1) is 13.3. The molecule has 2 rings (SSSR count). The zero-order valence-electron chi connectivity index (χ0n) is 14.9. The molecule has 160 valence electrons. The highest BCUT2D eigenvalue weighted by Crippen LogP contribution is 2.36. The highest BCUT2D eigenvalue weighted by atomic mass is 35.5. The lowest BCUT2D eigenvalue weighted by molar-refractivity contribution is -0.137. The molecule has 0 radical (unpaired) electrons. The van der Waals surface area contributed by atoms with Crippen molar-refractivity contribution in [3.05, 3.63) is 47.0 Å². The summed E-state index contributed by atoms with van der Waals surface area (Å²) in [5.74, 6) is 0. The van der Waals surface area contributed by atoms with Crippen molar-refractivity contribution < 1.29 is 30.0 Å². The molecule has 0 saturated heterocycles. The molecule has 13 heteroatoms. The van der Waals surface area contributed by atoms with Crippen LogP contribution in [0.1, 0.15) is 18.9 Å². The smallest absolute Gasteiger partial charge is 0.383 e. The quantitative estimate of drug-likeness (QED) is 0.569. The Morgan fingerprint density at radius 1 is 1.00 bits per heavy atom. The Morgan fingerprint density at radius 2 is 1.62 bits per heavy atom. The number of nitrogens with one attached hydrogen (secondary N) is 2. The van der Waals surface area contributed by atoms with Crippen LogP contribution in [0.3, 0.4) is 0 Å². The molecule has 2 aromatic carbocycles. The maximum Gasteiger partial charge on any atom is 0.417 e. The van der Waals surface area contributed by atoms with Crippen LogP contribution in [0.5, 0.6) is 0 Å². The predicted molar refractivity (Wildman–Crippen MR) is 104 cm³/mol. The van der Waals surface area contributed by atoms with Crippen LogP contribution in [-0.2, 0) is 26.2 Å². The molecule has 0 aliphatic heterocycles. The largest absolute Gasteiger partial charge is 0.417 e. The van der Waals surface area contributed by atoms with Gasteiger partial charge in [-0.3, -0.25) is 4.72 Å². The summed E-state index contributed by atoms with van der Waals surface area (Å²) in [6, 6.07) is 5.57. The second kappa shape index (κ2) is 8.38. The van der Waals surface area contributed by atoms with E-state index < -0.39 is 41.7 Å². The average Bonchev–Trinajstić information content (AvgIpc) is 2.58. The fraction of sp³-hybridized carbons (Fsp3) is 0.250. The van der Waals surface area contributed by atoms with Gasteiger partial charge in [0.25, 0.3) is 10.0 Å². The van der Waals surface area contributed by atoms with Gasteiger partial charge in [-0.05, 0) is 42.8 Å². The minimum absolute atomic E-state index is 0.187. The summed E-state index contributed by atoms with van der Waals surface area (Å²) in [7, 11) is -8.65. The van der Waals surface area contributed by atoms with Crippen LogP contribution < -0.4 is 15.2 Å². The Balaban J connectivity index is 2.53. The minimum Gasteiger partial charge on any atom is -0.383 e. The Bertz CT molecular complexity index is 1120. The molecule has 0 bridgehead atoms. The molecule has 0 saturated carbocycles. The number of hydrogen-bond donors (Lipinski definition) is 3. The van der Waals surface area contributed by atoms with E-state index >= 15 is 0 Å². The van der Waals surface area contributed by atoms with Crippen molar-refractivity contribution in [3.8, 4) is 0 Å². The maximum absolute atomic E-state index is 13.0. The summed E-state index contributed by atoms with van der Waals surface area (Å²) < 4.78 is 89.7. The third-order valence-corrected chi connectivity index (χ3v) is 6.29. The van der Waals surface area contributed by atoms with E-state index in [9.17, 15) is 30.0 Å². The molecule has 29 heavy (non-hydrogen) atoms. The lowest BCUT2D eigenvalue weighted by atomic mass is 10.2. The molecule has 0 aliphatic rings. The number of alkyl halides is 3. The van der Waals surface area contributed by atoms with Crippen LogP contribution in [-0.4, -0.2) is 23.4 Å². The van der Waals surface area contributed by atoms with Gasteiger partial charge < -0.3 is 5.32 Å². The van der Waals surface area contributed by atoms with Crippen LogP contribution in [0.25, 0.3) is 0 Å². The summed E-state index contributed by atoms with van der Waals surface area (Å²) in [5, 5.41) is 7.31. The third-order valence-electron chi connectivity index (χ3n) is 3.68. The van der Waals surface area contributed by atoms with Gasteiger partial charge in [-0.1, -0.05) is 18.5 Å². The molecule has 0 spiro atoms. The first-order valence-corrected chi connectivity index (χ1v) is 11.5. The molecule has 0 aromatic heterocycles. The summed E-state index contributed by atoms with van der Waals surface area (Å²) in [4.78, 5) is -1.07. The number of halogens is 4. The minimum atomic E-state index is -4.86. The zero-order valence-corrected chi connectivity index (χ0v) is 17.3. The van der Waals surface area contributed by atoms with E-state index in [0.29, 0.717) is 19.0 Å². The van der Waals surface area contributed by atoms with Crippen LogP contribution in [0.15, 0.2) is 46.2 Å². The third kappa shape index (κ3) is 5.75. The van der Waals surface area contributed by atoms with Crippen LogP contribution in [0.4, 0.5) is 24.5 Å². The SMILES string of the molecule is CCCNc1ccc(S(N)(=O)=O)cc1NS(=O)(=O)c1ccc(Cl)c(C(F)(F)F)c1. The lowest BCUT2D eigenvalue weighted by Crippen LogP contribution is -2.18. The molecule has 0 aliphatic carbocycles. The molecule has 7 nitrogen and oxygen atoms in total.